The Morgan fingerprint density at radius 1 is 1.44 bits per heavy atom. The first-order chi connectivity index (χ1) is 8.70. The van der Waals surface area contributed by atoms with Gasteiger partial charge in [0.05, 0.1) is 12.7 Å². The van der Waals surface area contributed by atoms with Crippen LogP contribution in [0.1, 0.15) is 23.2 Å². The number of methoxy groups -OCH3 is 1. The minimum Gasteiger partial charge on any atom is -0.465 e. The minimum absolute atomic E-state index is 0.357. The van der Waals surface area contributed by atoms with E-state index in [-0.39, 0.29) is 5.97 Å². The molecular weight excluding hydrogens is 250 g/mol. The number of esters is 1. The molecule has 1 aromatic carbocycles. The predicted octanol–water partition coefficient (Wildman–Crippen LogP) is 2.33. The summed E-state index contributed by atoms with van der Waals surface area (Å²) in [5, 5.41) is 0.546. The van der Waals surface area contributed by atoms with E-state index in [4.69, 9.17) is 10.5 Å². The van der Waals surface area contributed by atoms with E-state index in [1.807, 2.05) is 6.07 Å². The molecule has 2 N–H and O–H groups in total. The summed E-state index contributed by atoms with van der Waals surface area (Å²) in [6.45, 7) is 1.63. The average Bonchev–Trinajstić information content (AvgIpc) is 2.41. The SMILES string of the molecule is COC(=O)c1ccc(SC2CCOCC2)c(N)c1. The van der Waals surface area contributed by atoms with Gasteiger partial charge >= 0.3 is 5.97 Å². The van der Waals surface area contributed by atoms with Crippen LogP contribution in [0.3, 0.4) is 0 Å². The van der Waals surface area contributed by atoms with Gasteiger partial charge in [0.15, 0.2) is 0 Å². The fourth-order valence-electron chi connectivity index (χ4n) is 1.87. The lowest BCUT2D eigenvalue weighted by Gasteiger charge is -2.22. The van der Waals surface area contributed by atoms with Crippen molar-refractivity contribution in [3.63, 3.8) is 0 Å². The smallest absolute Gasteiger partial charge is 0.337 e. The van der Waals surface area contributed by atoms with Crippen LogP contribution in [0.2, 0.25) is 0 Å². The number of hydrogen-bond acceptors (Lipinski definition) is 5. The number of carbonyl (C=O) groups excluding carboxylic acids is 1. The van der Waals surface area contributed by atoms with Crippen molar-refractivity contribution in [1.82, 2.24) is 0 Å². The molecule has 0 aromatic heterocycles. The molecule has 1 aromatic rings. The topological polar surface area (TPSA) is 61.5 Å². The van der Waals surface area contributed by atoms with Gasteiger partial charge in [0.25, 0.3) is 0 Å². The molecule has 2 rings (SSSR count). The van der Waals surface area contributed by atoms with Crippen LogP contribution in [0.5, 0.6) is 0 Å². The first-order valence-corrected chi connectivity index (χ1v) is 6.81. The van der Waals surface area contributed by atoms with Gasteiger partial charge in [0, 0.05) is 29.0 Å². The molecule has 4 nitrogen and oxygen atoms in total. The molecule has 0 unspecified atom stereocenters. The molecule has 0 atom stereocenters. The highest BCUT2D eigenvalue weighted by Gasteiger charge is 2.17. The second kappa shape index (κ2) is 6.11. The molecule has 1 aliphatic rings. The number of hydrogen-bond donors (Lipinski definition) is 1. The van der Waals surface area contributed by atoms with E-state index >= 15 is 0 Å². The monoisotopic (exact) mass is 267 g/mol. The normalized spacial score (nSPS) is 16.5. The zero-order chi connectivity index (χ0) is 13.0. The maximum absolute atomic E-state index is 11.4. The van der Waals surface area contributed by atoms with Crippen molar-refractivity contribution in [3.8, 4) is 0 Å². The molecule has 98 valence electrons. The zero-order valence-electron chi connectivity index (χ0n) is 10.3. The quantitative estimate of drug-likeness (QED) is 0.672. The molecule has 18 heavy (non-hydrogen) atoms. The molecule has 0 bridgehead atoms. The maximum atomic E-state index is 11.4. The molecular formula is C13H17NO3S. The lowest BCUT2D eigenvalue weighted by atomic mass is 10.2. The van der Waals surface area contributed by atoms with Gasteiger partial charge in [0.1, 0.15) is 0 Å². The van der Waals surface area contributed by atoms with Crippen molar-refractivity contribution in [1.29, 1.82) is 0 Å². The van der Waals surface area contributed by atoms with Crippen LogP contribution in [0, 0.1) is 0 Å². The average molecular weight is 267 g/mol. The minimum atomic E-state index is -0.357. The highest BCUT2D eigenvalue weighted by atomic mass is 32.2. The molecule has 0 radical (unpaired) electrons. The fraction of sp³-hybridized carbons (Fsp3) is 0.462. The number of thioether (sulfide) groups is 1. The van der Waals surface area contributed by atoms with Crippen molar-refractivity contribution in [3.05, 3.63) is 23.8 Å². The highest BCUT2D eigenvalue weighted by Crippen LogP contribution is 2.33. The number of carbonyl (C=O) groups is 1. The number of benzene rings is 1. The summed E-state index contributed by atoms with van der Waals surface area (Å²) < 4.78 is 9.99. The Balaban J connectivity index is 2.07. The van der Waals surface area contributed by atoms with Crippen LogP contribution < -0.4 is 5.73 Å². The molecule has 1 fully saturated rings. The summed E-state index contributed by atoms with van der Waals surface area (Å²) in [6.07, 6.45) is 2.09. The molecule has 0 aliphatic carbocycles. The van der Waals surface area contributed by atoms with E-state index in [2.05, 4.69) is 4.74 Å². The van der Waals surface area contributed by atoms with Crippen LogP contribution in [0.25, 0.3) is 0 Å². The zero-order valence-corrected chi connectivity index (χ0v) is 11.2. The van der Waals surface area contributed by atoms with Gasteiger partial charge in [-0.2, -0.15) is 0 Å². The van der Waals surface area contributed by atoms with Crippen LogP contribution in [0.15, 0.2) is 23.1 Å². The third kappa shape index (κ3) is 3.17. The summed E-state index contributed by atoms with van der Waals surface area (Å²) in [4.78, 5) is 12.4. The first-order valence-electron chi connectivity index (χ1n) is 5.93. The third-order valence-electron chi connectivity index (χ3n) is 2.89. The van der Waals surface area contributed by atoms with Gasteiger partial charge in [-0.15, -0.1) is 11.8 Å². The van der Waals surface area contributed by atoms with Crippen molar-refractivity contribution in [2.24, 2.45) is 0 Å². The second-order valence-corrected chi connectivity index (χ2v) is 5.52. The second-order valence-electron chi connectivity index (χ2n) is 4.17. The molecule has 1 heterocycles. The first kappa shape index (κ1) is 13.2. The summed E-state index contributed by atoms with van der Waals surface area (Å²) in [6, 6.07) is 5.32. The van der Waals surface area contributed by atoms with Crippen molar-refractivity contribution >= 4 is 23.4 Å². The maximum Gasteiger partial charge on any atom is 0.337 e. The predicted molar refractivity (Wildman–Crippen MR) is 71.9 cm³/mol. The van der Waals surface area contributed by atoms with Gasteiger partial charge < -0.3 is 15.2 Å². The Morgan fingerprint density at radius 2 is 2.17 bits per heavy atom. The van der Waals surface area contributed by atoms with Crippen molar-refractivity contribution < 1.29 is 14.3 Å². The summed E-state index contributed by atoms with van der Waals surface area (Å²) >= 11 is 1.76. The van der Waals surface area contributed by atoms with E-state index < -0.39 is 0 Å². The van der Waals surface area contributed by atoms with Gasteiger partial charge in [-0.25, -0.2) is 4.79 Å². The highest BCUT2D eigenvalue weighted by molar-refractivity contribution is 8.00. The van der Waals surface area contributed by atoms with Gasteiger partial charge in [-0.05, 0) is 31.0 Å². The van der Waals surface area contributed by atoms with Crippen LogP contribution in [-0.2, 0) is 9.47 Å². The van der Waals surface area contributed by atoms with Crippen molar-refractivity contribution in [2.75, 3.05) is 26.1 Å². The van der Waals surface area contributed by atoms with Crippen LogP contribution in [-0.4, -0.2) is 31.5 Å². The van der Waals surface area contributed by atoms with E-state index in [1.165, 1.54) is 7.11 Å². The lowest BCUT2D eigenvalue weighted by Crippen LogP contribution is -2.17. The largest absolute Gasteiger partial charge is 0.465 e. The summed E-state index contributed by atoms with van der Waals surface area (Å²) in [5.41, 5.74) is 7.10. The standard InChI is InChI=1S/C13H17NO3S/c1-16-13(15)9-2-3-12(11(14)8-9)18-10-4-6-17-7-5-10/h2-3,8,10H,4-7,14H2,1H3. The summed E-state index contributed by atoms with van der Waals surface area (Å²) in [5.74, 6) is -0.357. The molecule has 0 amide bonds. The molecule has 0 spiro atoms. The number of rotatable bonds is 3. The Bertz CT molecular complexity index is 430. The summed E-state index contributed by atoms with van der Waals surface area (Å²) in [7, 11) is 1.36. The van der Waals surface area contributed by atoms with Crippen LogP contribution in [0.4, 0.5) is 5.69 Å². The number of anilines is 1. The Kier molecular flexibility index (Phi) is 4.49. The lowest BCUT2D eigenvalue weighted by molar-refractivity contribution is 0.0600. The Labute approximate surface area is 111 Å². The Hall–Kier alpha value is -1.20. The number of ether oxygens (including phenoxy) is 2. The third-order valence-corrected chi connectivity index (χ3v) is 4.32. The fourth-order valence-corrected chi connectivity index (χ4v) is 3.00. The Morgan fingerprint density at radius 3 is 2.78 bits per heavy atom. The van der Waals surface area contributed by atoms with E-state index in [0.717, 1.165) is 31.0 Å². The van der Waals surface area contributed by atoms with E-state index in [0.29, 0.717) is 16.5 Å². The molecule has 1 saturated heterocycles. The van der Waals surface area contributed by atoms with Gasteiger partial charge in [-0.1, -0.05) is 0 Å². The van der Waals surface area contributed by atoms with Crippen LogP contribution >= 0.6 is 11.8 Å². The van der Waals surface area contributed by atoms with E-state index in [1.54, 1.807) is 23.9 Å². The van der Waals surface area contributed by atoms with Gasteiger partial charge in [-0.3, -0.25) is 0 Å². The number of nitrogen functional groups attached to an aromatic ring is 1. The molecule has 0 saturated carbocycles. The molecule has 1 aliphatic heterocycles. The van der Waals surface area contributed by atoms with Gasteiger partial charge in [0.2, 0.25) is 0 Å². The molecule has 5 heteroatoms. The van der Waals surface area contributed by atoms with E-state index in [9.17, 15) is 4.79 Å². The van der Waals surface area contributed by atoms with Crippen molar-refractivity contribution in [2.45, 2.75) is 23.0 Å². The number of nitrogens with two attached hydrogens (primary N) is 1.